The van der Waals surface area contributed by atoms with Crippen LogP contribution in [0.15, 0.2) is 54.7 Å². The van der Waals surface area contributed by atoms with E-state index in [1.54, 1.807) is 24.3 Å². The van der Waals surface area contributed by atoms with Gasteiger partial charge >= 0.3 is 5.97 Å². The van der Waals surface area contributed by atoms with Crippen molar-refractivity contribution < 1.29 is 14.7 Å². The van der Waals surface area contributed by atoms with Gasteiger partial charge in [0.1, 0.15) is 0 Å². The molecule has 0 radical (unpaired) electrons. The Morgan fingerprint density at radius 3 is 2.57 bits per heavy atom. The second kappa shape index (κ2) is 6.36. The zero-order chi connectivity index (χ0) is 16.2. The molecule has 0 saturated heterocycles. The fourth-order valence-corrected chi connectivity index (χ4v) is 2.48. The summed E-state index contributed by atoms with van der Waals surface area (Å²) in [5.41, 5.74) is 2.95. The summed E-state index contributed by atoms with van der Waals surface area (Å²) in [6, 6.07) is 14.2. The molecule has 5 heteroatoms. The average molecular weight is 308 g/mol. The van der Waals surface area contributed by atoms with Gasteiger partial charge in [0.25, 0.3) is 0 Å². The van der Waals surface area contributed by atoms with Crippen LogP contribution in [0.4, 0.5) is 5.69 Å². The van der Waals surface area contributed by atoms with E-state index in [4.69, 9.17) is 5.11 Å². The van der Waals surface area contributed by atoms with Gasteiger partial charge in [-0.1, -0.05) is 18.2 Å². The second-order valence-electron chi connectivity index (χ2n) is 5.29. The van der Waals surface area contributed by atoms with Crippen LogP contribution in [0.25, 0.3) is 10.9 Å². The van der Waals surface area contributed by atoms with Gasteiger partial charge in [-0.2, -0.15) is 0 Å². The first-order chi connectivity index (χ1) is 11.1. The summed E-state index contributed by atoms with van der Waals surface area (Å²) in [6.07, 6.45) is 2.74. The Kier molecular flexibility index (Phi) is 4.10. The van der Waals surface area contributed by atoms with Crippen molar-refractivity contribution in [3.8, 4) is 0 Å². The summed E-state index contributed by atoms with van der Waals surface area (Å²) in [6.45, 7) is 0. The Labute approximate surface area is 133 Å². The highest BCUT2D eigenvalue weighted by atomic mass is 16.4. The molecule has 1 aromatic heterocycles. The Morgan fingerprint density at radius 1 is 1.04 bits per heavy atom. The van der Waals surface area contributed by atoms with Crippen molar-refractivity contribution in [2.24, 2.45) is 0 Å². The lowest BCUT2D eigenvalue weighted by molar-refractivity contribution is -0.116. The predicted octanol–water partition coefficient (Wildman–Crippen LogP) is 3.44. The number of benzene rings is 2. The van der Waals surface area contributed by atoms with Crippen molar-refractivity contribution in [1.29, 1.82) is 0 Å². The Morgan fingerprint density at radius 2 is 1.83 bits per heavy atom. The Balaban J connectivity index is 1.61. The lowest BCUT2D eigenvalue weighted by Crippen LogP contribution is -2.12. The van der Waals surface area contributed by atoms with E-state index in [0.29, 0.717) is 12.8 Å². The number of aromatic carboxylic acids is 1. The van der Waals surface area contributed by atoms with E-state index < -0.39 is 5.97 Å². The predicted molar refractivity (Wildman–Crippen MR) is 88.7 cm³/mol. The van der Waals surface area contributed by atoms with Gasteiger partial charge in [-0.25, -0.2) is 4.79 Å². The molecule has 3 rings (SSSR count). The van der Waals surface area contributed by atoms with Crippen LogP contribution in [0.2, 0.25) is 0 Å². The fourth-order valence-electron chi connectivity index (χ4n) is 2.48. The molecular weight excluding hydrogens is 292 g/mol. The maximum Gasteiger partial charge on any atom is 0.335 e. The number of amides is 1. The van der Waals surface area contributed by atoms with E-state index in [1.807, 2.05) is 30.5 Å². The minimum Gasteiger partial charge on any atom is -0.478 e. The third-order valence-corrected chi connectivity index (χ3v) is 3.71. The molecule has 0 atom stereocenters. The second-order valence-corrected chi connectivity index (χ2v) is 5.29. The zero-order valence-electron chi connectivity index (χ0n) is 12.4. The molecule has 0 bridgehead atoms. The van der Waals surface area contributed by atoms with Gasteiger partial charge in [0.2, 0.25) is 5.91 Å². The topological polar surface area (TPSA) is 82.2 Å². The van der Waals surface area contributed by atoms with E-state index in [-0.39, 0.29) is 11.5 Å². The van der Waals surface area contributed by atoms with Crippen LogP contribution in [-0.2, 0) is 11.2 Å². The number of fused-ring (bicyclic) bond motifs is 1. The summed E-state index contributed by atoms with van der Waals surface area (Å²) in [4.78, 5) is 26.0. The zero-order valence-corrected chi connectivity index (χ0v) is 12.4. The number of hydrogen-bond donors (Lipinski definition) is 3. The van der Waals surface area contributed by atoms with Gasteiger partial charge in [0.05, 0.1) is 11.3 Å². The van der Waals surface area contributed by atoms with Crippen LogP contribution in [0.5, 0.6) is 0 Å². The van der Waals surface area contributed by atoms with Gasteiger partial charge < -0.3 is 15.4 Å². The van der Waals surface area contributed by atoms with E-state index >= 15 is 0 Å². The van der Waals surface area contributed by atoms with Crippen molar-refractivity contribution in [3.63, 3.8) is 0 Å². The molecule has 0 aliphatic rings. The maximum absolute atomic E-state index is 12.1. The third kappa shape index (κ3) is 3.40. The molecule has 0 saturated carbocycles. The normalized spacial score (nSPS) is 10.6. The summed E-state index contributed by atoms with van der Waals surface area (Å²) < 4.78 is 0. The molecule has 5 nitrogen and oxygen atoms in total. The van der Waals surface area contributed by atoms with E-state index in [1.165, 1.54) is 0 Å². The molecule has 2 aromatic carbocycles. The molecule has 3 N–H and O–H groups in total. The third-order valence-electron chi connectivity index (χ3n) is 3.71. The highest BCUT2D eigenvalue weighted by Crippen LogP contribution is 2.22. The molecule has 1 heterocycles. The number of anilines is 1. The summed E-state index contributed by atoms with van der Waals surface area (Å²) in [5, 5.41) is 12.8. The van der Waals surface area contributed by atoms with Crippen LogP contribution in [-0.4, -0.2) is 22.0 Å². The van der Waals surface area contributed by atoms with E-state index in [2.05, 4.69) is 10.3 Å². The molecule has 3 aromatic rings. The first kappa shape index (κ1) is 14.8. The monoisotopic (exact) mass is 308 g/mol. The lowest BCUT2D eigenvalue weighted by Gasteiger charge is -2.07. The Hall–Kier alpha value is -3.08. The van der Waals surface area contributed by atoms with E-state index in [9.17, 15) is 9.59 Å². The van der Waals surface area contributed by atoms with E-state index in [0.717, 1.165) is 22.2 Å². The molecule has 0 aliphatic carbocycles. The highest BCUT2D eigenvalue weighted by Gasteiger charge is 2.07. The number of carbonyl (C=O) groups excluding carboxylic acids is 1. The minimum atomic E-state index is -0.950. The quantitative estimate of drug-likeness (QED) is 0.675. The van der Waals surface area contributed by atoms with Crippen LogP contribution in [0.1, 0.15) is 22.3 Å². The molecule has 116 valence electrons. The number of aromatic nitrogens is 1. The first-order valence-electron chi connectivity index (χ1n) is 7.32. The van der Waals surface area contributed by atoms with Gasteiger partial charge in [0.15, 0.2) is 0 Å². The van der Waals surface area contributed by atoms with Crippen molar-refractivity contribution in [3.05, 3.63) is 65.9 Å². The fraction of sp³-hybridized carbons (Fsp3) is 0.111. The van der Waals surface area contributed by atoms with Crippen molar-refractivity contribution in [1.82, 2.24) is 4.98 Å². The SMILES string of the molecule is O=C(CCc1ccc(C(=O)O)cc1)Nc1cccc2[nH]ccc12. The average Bonchev–Trinajstić information content (AvgIpc) is 3.03. The molecule has 23 heavy (non-hydrogen) atoms. The number of carboxylic acid groups (broad SMARTS) is 1. The summed E-state index contributed by atoms with van der Waals surface area (Å²) in [7, 11) is 0. The van der Waals surface area contributed by atoms with Crippen molar-refractivity contribution in [2.45, 2.75) is 12.8 Å². The maximum atomic E-state index is 12.1. The summed E-state index contributed by atoms with van der Waals surface area (Å²) >= 11 is 0. The smallest absolute Gasteiger partial charge is 0.335 e. The number of nitrogens with one attached hydrogen (secondary N) is 2. The molecule has 1 amide bonds. The Bertz CT molecular complexity index is 850. The molecule has 0 unspecified atom stereocenters. The molecule has 0 aliphatic heterocycles. The van der Waals surface area contributed by atoms with Crippen LogP contribution in [0.3, 0.4) is 0 Å². The minimum absolute atomic E-state index is 0.0685. The van der Waals surface area contributed by atoms with Gasteiger partial charge in [-0.3, -0.25) is 4.79 Å². The number of rotatable bonds is 5. The van der Waals surface area contributed by atoms with Crippen LogP contribution < -0.4 is 5.32 Å². The highest BCUT2D eigenvalue weighted by molar-refractivity contribution is 6.01. The number of aryl methyl sites for hydroxylation is 1. The van der Waals surface area contributed by atoms with Gasteiger partial charge in [-0.15, -0.1) is 0 Å². The number of aromatic amines is 1. The number of carbonyl (C=O) groups is 2. The van der Waals surface area contributed by atoms with Crippen LogP contribution >= 0.6 is 0 Å². The molecule has 0 fully saturated rings. The molecule has 0 spiro atoms. The van der Waals surface area contributed by atoms with Gasteiger partial charge in [-0.05, 0) is 42.3 Å². The standard InChI is InChI=1S/C18H16N2O3/c21-17(9-6-12-4-7-13(8-5-12)18(22)23)20-16-3-1-2-15-14(16)10-11-19-15/h1-5,7-8,10-11,19H,6,9H2,(H,20,21)(H,22,23). The van der Waals surface area contributed by atoms with Crippen LogP contribution in [0, 0.1) is 0 Å². The van der Waals surface area contributed by atoms with Gasteiger partial charge in [0, 0.05) is 23.5 Å². The lowest BCUT2D eigenvalue weighted by atomic mass is 10.1. The largest absolute Gasteiger partial charge is 0.478 e. The number of hydrogen-bond acceptors (Lipinski definition) is 2. The number of carboxylic acids is 1. The van der Waals surface area contributed by atoms with Crippen molar-refractivity contribution in [2.75, 3.05) is 5.32 Å². The first-order valence-corrected chi connectivity index (χ1v) is 7.32. The molecular formula is C18H16N2O3. The summed E-state index contributed by atoms with van der Waals surface area (Å²) in [5.74, 6) is -1.02. The van der Waals surface area contributed by atoms with Crippen molar-refractivity contribution >= 4 is 28.5 Å². The number of H-pyrrole nitrogens is 1.